The Labute approximate surface area is 156 Å². The van der Waals surface area contributed by atoms with E-state index >= 15 is 0 Å². The molecule has 0 bridgehead atoms. The Morgan fingerprint density at radius 1 is 1.42 bits per heavy atom. The quantitative estimate of drug-likeness (QED) is 0.613. The number of methoxy groups -OCH3 is 1. The predicted octanol–water partition coefficient (Wildman–Crippen LogP) is 4.66. The van der Waals surface area contributed by atoms with Crippen molar-refractivity contribution in [2.75, 3.05) is 7.11 Å². The summed E-state index contributed by atoms with van der Waals surface area (Å²) in [6.07, 6.45) is 8.59. The van der Waals surface area contributed by atoms with E-state index in [1.54, 1.807) is 6.26 Å². The van der Waals surface area contributed by atoms with Gasteiger partial charge in [-0.1, -0.05) is 25.5 Å². The first kappa shape index (κ1) is 19.2. The number of furan rings is 1. The molecule has 2 saturated carbocycles. The summed E-state index contributed by atoms with van der Waals surface area (Å²) < 4.78 is 10.6. The standard InChI is InChI=1S/C22H32O4/c1-15-6-9-19-21(2,11-5-12-22(19,3)20(24)25-4)17(15)8-7-16-10-13-26-18(16)14-23/h10,13,17,19,23H,1,5-9,11-12,14H2,2-4H3. The van der Waals surface area contributed by atoms with Crippen LogP contribution in [-0.4, -0.2) is 18.2 Å². The number of allylic oxidation sites excluding steroid dienone is 1. The number of fused-ring (bicyclic) bond motifs is 1. The van der Waals surface area contributed by atoms with Gasteiger partial charge in [-0.25, -0.2) is 0 Å². The molecule has 26 heavy (non-hydrogen) atoms. The zero-order valence-electron chi connectivity index (χ0n) is 16.3. The molecule has 0 amide bonds. The number of hydrogen-bond acceptors (Lipinski definition) is 4. The number of rotatable bonds is 5. The predicted molar refractivity (Wildman–Crippen MR) is 100 cm³/mol. The number of carbonyl (C=O) groups excluding carboxylic acids is 1. The van der Waals surface area contributed by atoms with Gasteiger partial charge in [-0.15, -0.1) is 0 Å². The van der Waals surface area contributed by atoms with Gasteiger partial charge in [-0.3, -0.25) is 4.79 Å². The highest BCUT2D eigenvalue weighted by Crippen LogP contribution is 2.62. The van der Waals surface area contributed by atoms with Crippen LogP contribution in [0.3, 0.4) is 0 Å². The molecule has 4 atom stereocenters. The number of esters is 1. The van der Waals surface area contributed by atoms with Crippen LogP contribution in [0.1, 0.15) is 63.7 Å². The minimum atomic E-state index is -0.396. The summed E-state index contributed by atoms with van der Waals surface area (Å²) in [6, 6.07) is 1.95. The molecule has 4 nitrogen and oxygen atoms in total. The molecule has 1 heterocycles. The number of aliphatic hydroxyl groups is 1. The van der Waals surface area contributed by atoms with Crippen LogP contribution in [0.5, 0.6) is 0 Å². The van der Waals surface area contributed by atoms with E-state index in [4.69, 9.17) is 9.15 Å². The van der Waals surface area contributed by atoms with Crippen molar-refractivity contribution >= 4 is 5.97 Å². The van der Waals surface area contributed by atoms with Gasteiger partial charge in [0.15, 0.2) is 0 Å². The lowest BCUT2D eigenvalue weighted by Crippen LogP contribution is -2.53. The lowest BCUT2D eigenvalue weighted by Gasteiger charge is -2.57. The van der Waals surface area contributed by atoms with Crippen LogP contribution in [0.4, 0.5) is 0 Å². The van der Waals surface area contributed by atoms with Crippen molar-refractivity contribution in [2.24, 2.45) is 22.7 Å². The molecule has 2 aliphatic rings. The van der Waals surface area contributed by atoms with Gasteiger partial charge in [0.05, 0.1) is 18.8 Å². The average molecular weight is 360 g/mol. The monoisotopic (exact) mass is 360 g/mol. The maximum Gasteiger partial charge on any atom is 0.311 e. The summed E-state index contributed by atoms with van der Waals surface area (Å²) in [7, 11) is 1.51. The highest BCUT2D eigenvalue weighted by Gasteiger charge is 2.57. The van der Waals surface area contributed by atoms with Crippen molar-refractivity contribution in [3.63, 3.8) is 0 Å². The van der Waals surface area contributed by atoms with Crippen LogP contribution in [0.25, 0.3) is 0 Å². The lowest BCUT2D eigenvalue weighted by molar-refractivity contribution is -0.168. The average Bonchev–Trinajstić information content (AvgIpc) is 3.07. The van der Waals surface area contributed by atoms with Gasteiger partial charge in [0, 0.05) is 0 Å². The molecular formula is C22H32O4. The highest BCUT2D eigenvalue weighted by atomic mass is 16.5. The topological polar surface area (TPSA) is 59.7 Å². The summed E-state index contributed by atoms with van der Waals surface area (Å²) in [5, 5.41) is 9.43. The zero-order valence-corrected chi connectivity index (χ0v) is 16.3. The minimum Gasteiger partial charge on any atom is -0.469 e. The van der Waals surface area contributed by atoms with Crippen molar-refractivity contribution in [3.8, 4) is 0 Å². The second-order valence-electron chi connectivity index (χ2n) is 8.64. The Morgan fingerprint density at radius 2 is 2.19 bits per heavy atom. The van der Waals surface area contributed by atoms with Crippen LogP contribution < -0.4 is 0 Å². The second-order valence-corrected chi connectivity index (χ2v) is 8.64. The van der Waals surface area contributed by atoms with Crippen LogP contribution in [0.15, 0.2) is 28.9 Å². The molecule has 2 fully saturated rings. The van der Waals surface area contributed by atoms with Gasteiger partial charge in [0.25, 0.3) is 0 Å². The molecule has 4 unspecified atom stereocenters. The van der Waals surface area contributed by atoms with E-state index < -0.39 is 5.41 Å². The molecule has 0 aliphatic heterocycles. The molecular weight excluding hydrogens is 328 g/mol. The van der Waals surface area contributed by atoms with E-state index in [-0.39, 0.29) is 18.0 Å². The minimum absolute atomic E-state index is 0.0583. The highest BCUT2D eigenvalue weighted by molar-refractivity contribution is 5.77. The maximum atomic E-state index is 12.6. The number of hydrogen-bond donors (Lipinski definition) is 1. The smallest absolute Gasteiger partial charge is 0.311 e. The lowest BCUT2D eigenvalue weighted by atomic mass is 9.46. The summed E-state index contributed by atoms with van der Waals surface area (Å²) in [5.74, 6) is 1.31. The number of aryl methyl sites for hydroxylation is 1. The van der Waals surface area contributed by atoms with E-state index in [9.17, 15) is 9.90 Å². The first-order valence-electron chi connectivity index (χ1n) is 9.79. The summed E-state index contributed by atoms with van der Waals surface area (Å²) in [6.45, 7) is 8.80. The number of ether oxygens (including phenoxy) is 1. The molecule has 0 saturated heterocycles. The first-order chi connectivity index (χ1) is 12.4. The van der Waals surface area contributed by atoms with Crippen LogP contribution >= 0.6 is 0 Å². The van der Waals surface area contributed by atoms with E-state index in [0.717, 1.165) is 50.5 Å². The fourth-order valence-electron chi connectivity index (χ4n) is 5.99. The Kier molecular flexibility index (Phi) is 5.34. The zero-order chi connectivity index (χ0) is 18.9. The molecule has 3 rings (SSSR count). The number of carbonyl (C=O) groups is 1. The van der Waals surface area contributed by atoms with Gasteiger partial charge >= 0.3 is 5.97 Å². The molecule has 4 heteroatoms. The third-order valence-electron chi connectivity index (χ3n) is 7.36. The Bertz CT molecular complexity index is 675. The van der Waals surface area contributed by atoms with Gasteiger partial charge in [0.2, 0.25) is 0 Å². The van der Waals surface area contributed by atoms with E-state index in [2.05, 4.69) is 20.4 Å². The first-order valence-corrected chi connectivity index (χ1v) is 9.79. The van der Waals surface area contributed by atoms with Crippen molar-refractivity contribution in [2.45, 2.75) is 65.4 Å². The van der Waals surface area contributed by atoms with Gasteiger partial charge in [-0.2, -0.15) is 0 Å². The van der Waals surface area contributed by atoms with E-state index in [1.807, 2.05) is 6.07 Å². The summed E-state index contributed by atoms with van der Waals surface area (Å²) in [5.41, 5.74) is 2.07. The van der Waals surface area contributed by atoms with Crippen LogP contribution in [0, 0.1) is 22.7 Å². The molecule has 144 valence electrons. The molecule has 2 aliphatic carbocycles. The third kappa shape index (κ3) is 3.02. The Morgan fingerprint density at radius 3 is 2.88 bits per heavy atom. The molecule has 0 radical (unpaired) electrons. The Hall–Kier alpha value is -1.55. The molecule has 0 spiro atoms. The van der Waals surface area contributed by atoms with Crippen molar-refractivity contribution in [1.29, 1.82) is 0 Å². The molecule has 1 aromatic rings. The SMILES string of the molecule is C=C1CCC2C(C)(C(=O)OC)CCCC2(C)C1CCc1ccoc1CO. The van der Waals surface area contributed by atoms with Gasteiger partial charge in [-0.05, 0) is 74.3 Å². The van der Waals surface area contributed by atoms with E-state index in [1.165, 1.54) is 12.7 Å². The van der Waals surface area contributed by atoms with Crippen molar-refractivity contribution < 1.29 is 19.1 Å². The van der Waals surface area contributed by atoms with Crippen LogP contribution in [-0.2, 0) is 22.6 Å². The van der Waals surface area contributed by atoms with E-state index in [0.29, 0.717) is 17.6 Å². The molecule has 0 aromatic carbocycles. The summed E-state index contributed by atoms with van der Waals surface area (Å²) >= 11 is 0. The maximum absolute atomic E-state index is 12.6. The van der Waals surface area contributed by atoms with Crippen molar-refractivity contribution in [1.82, 2.24) is 0 Å². The second kappa shape index (κ2) is 7.22. The fraction of sp³-hybridized carbons (Fsp3) is 0.682. The molecule has 1 aromatic heterocycles. The van der Waals surface area contributed by atoms with Gasteiger partial charge < -0.3 is 14.3 Å². The fourth-order valence-corrected chi connectivity index (χ4v) is 5.99. The van der Waals surface area contributed by atoms with Gasteiger partial charge in [0.1, 0.15) is 12.4 Å². The van der Waals surface area contributed by atoms with Crippen LogP contribution in [0.2, 0.25) is 0 Å². The Balaban J connectivity index is 1.85. The third-order valence-corrected chi connectivity index (χ3v) is 7.36. The summed E-state index contributed by atoms with van der Waals surface area (Å²) in [4.78, 5) is 12.6. The number of aliphatic hydroxyl groups excluding tert-OH is 1. The normalized spacial score (nSPS) is 34.4. The van der Waals surface area contributed by atoms with Crippen molar-refractivity contribution in [3.05, 3.63) is 35.8 Å². The molecule has 1 N–H and O–H groups in total. The largest absolute Gasteiger partial charge is 0.469 e.